The van der Waals surface area contributed by atoms with E-state index < -0.39 is 0 Å². The van der Waals surface area contributed by atoms with E-state index in [1.54, 1.807) is 12.1 Å². The topological polar surface area (TPSA) is 43.7 Å². The summed E-state index contributed by atoms with van der Waals surface area (Å²) in [6.45, 7) is 1.18. The first-order valence-corrected chi connectivity index (χ1v) is 6.42. The van der Waals surface area contributed by atoms with E-state index in [2.05, 4.69) is 11.9 Å². The van der Waals surface area contributed by atoms with Gasteiger partial charge in [-0.2, -0.15) is 0 Å². The van der Waals surface area contributed by atoms with Gasteiger partial charge in [-0.25, -0.2) is 0 Å². The lowest BCUT2D eigenvalue weighted by atomic mass is 9.74. The van der Waals surface area contributed by atoms with Gasteiger partial charge in [0, 0.05) is 6.04 Å². The molecule has 2 aliphatic rings. The zero-order chi connectivity index (χ0) is 12.0. The molecule has 92 valence electrons. The Morgan fingerprint density at radius 2 is 1.94 bits per heavy atom. The Bertz CT molecular complexity index is 444. The number of aryl methyl sites for hydroxylation is 1. The molecule has 0 aromatic heterocycles. The molecule has 1 heterocycles. The maximum Gasteiger partial charge on any atom is 0.157 e. The Hall–Kier alpha value is -1.22. The maximum atomic E-state index is 9.67. The summed E-state index contributed by atoms with van der Waals surface area (Å²) in [4.78, 5) is 2.45. The number of fused-ring (bicyclic) bond motifs is 3. The molecule has 2 atom stereocenters. The molecular formula is C14H19NO2. The van der Waals surface area contributed by atoms with Crippen LogP contribution in [0.5, 0.6) is 11.5 Å². The largest absolute Gasteiger partial charge is 0.504 e. The molecule has 2 unspecified atom stereocenters. The molecule has 2 N–H and O–H groups in total. The molecule has 0 amide bonds. The summed E-state index contributed by atoms with van der Waals surface area (Å²) in [5.74, 6) is 0.577. The summed E-state index contributed by atoms with van der Waals surface area (Å²) < 4.78 is 0. The first kappa shape index (κ1) is 10.9. The van der Waals surface area contributed by atoms with Crippen LogP contribution in [0.3, 0.4) is 0 Å². The minimum absolute atomic E-state index is 0.0198. The molecule has 0 radical (unpaired) electrons. The molecule has 0 saturated carbocycles. The van der Waals surface area contributed by atoms with E-state index in [0.717, 1.165) is 6.42 Å². The highest BCUT2D eigenvalue weighted by Crippen LogP contribution is 2.43. The summed E-state index contributed by atoms with van der Waals surface area (Å²) in [7, 11) is 2.20. The second-order valence-electron chi connectivity index (χ2n) is 5.38. The summed E-state index contributed by atoms with van der Waals surface area (Å²) >= 11 is 0. The molecule has 1 saturated heterocycles. The molecule has 3 nitrogen and oxygen atoms in total. The van der Waals surface area contributed by atoms with Crippen molar-refractivity contribution < 1.29 is 10.2 Å². The van der Waals surface area contributed by atoms with Gasteiger partial charge in [0.05, 0.1) is 0 Å². The normalized spacial score (nSPS) is 28.5. The lowest BCUT2D eigenvalue weighted by Gasteiger charge is -2.43. The smallest absolute Gasteiger partial charge is 0.157 e. The summed E-state index contributed by atoms with van der Waals surface area (Å²) in [6.07, 6.45) is 4.60. The van der Waals surface area contributed by atoms with E-state index in [1.807, 2.05) is 0 Å². The number of aromatic hydroxyl groups is 2. The average molecular weight is 233 g/mol. The molecule has 1 aliphatic carbocycles. The van der Waals surface area contributed by atoms with Crippen molar-refractivity contribution in [3.8, 4) is 11.5 Å². The lowest BCUT2D eigenvalue weighted by Crippen LogP contribution is -2.43. The van der Waals surface area contributed by atoms with E-state index in [1.165, 1.54) is 36.9 Å². The molecule has 1 fully saturated rings. The van der Waals surface area contributed by atoms with Crippen molar-refractivity contribution in [2.24, 2.45) is 0 Å². The van der Waals surface area contributed by atoms with Gasteiger partial charge in [0.15, 0.2) is 11.5 Å². The van der Waals surface area contributed by atoms with Crippen LogP contribution in [0.1, 0.15) is 36.3 Å². The number of nitrogens with zero attached hydrogens (tertiary/aromatic N) is 1. The Morgan fingerprint density at radius 3 is 2.76 bits per heavy atom. The van der Waals surface area contributed by atoms with Crippen molar-refractivity contribution in [1.29, 1.82) is 0 Å². The van der Waals surface area contributed by atoms with Crippen molar-refractivity contribution in [3.63, 3.8) is 0 Å². The van der Waals surface area contributed by atoms with Gasteiger partial charge >= 0.3 is 0 Å². The van der Waals surface area contributed by atoms with Crippen LogP contribution in [0.15, 0.2) is 12.1 Å². The van der Waals surface area contributed by atoms with Crippen LogP contribution in [0.25, 0.3) is 0 Å². The fraction of sp³-hybridized carbons (Fsp3) is 0.571. The molecular weight excluding hydrogens is 214 g/mol. The van der Waals surface area contributed by atoms with Crippen LogP contribution in [0.2, 0.25) is 0 Å². The molecule has 0 bridgehead atoms. The third-order valence-corrected chi connectivity index (χ3v) is 4.40. The number of benzene rings is 1. The molecule has 3 rings (SSSR count). The summed E-state index contributed by atoms with van der Waals surface area (Å²) in [5, 5.41) is 19.2. The highest BCUT2D eigenvalue weighted by Gasteiger charge is 2.35. The number of piperidine rings is 1. The van der Waals surface area contributed by atoms with Gasteiger partial charge in [-0.05, 0) is 68.5 Å². The Labute approximate surface area is 102 Å². The predicted octanol–water partition coefficient (Wildman–Crippen LogP) is 2.22. The SMILES string of the molecule is CN1CCCC2c3cc(O)c(O)cc3CCC21. The van der Waals surface area contributed by atoms with E-state index >= 15 is 0 Å². The first-order valence-electron chi connectivity index (χ1n) is 6.42. The summed E-state index contributed by atoms with van der Waals surface area (Å²) in [6, 6.07) is 4.14. The second-order valence-corrected chi connectivity index (χ2v) is 5.38. The first-order chi connectivity index (χ1) is 8.16. The van der Waals surface area contributed by atoms with Crippen molar-refractivity contribution in [3.05, 3.63) is 23.3 Å². The Kier molecular flexibility index (Phi) is 2.51. The van der Waals surface area contributed by atoms with Crippen molar-refractivity contribution in [2.75, 3.05) is 13.6 Å². The van der Waals surface area contributed by atoms with Crippen LogP contribution in [0.4, 0.5) is 0 Å². The number of hydrogen-bond donors (Lipinski definition) is 2. The highest BCUT2D eigenvalue weighted by molar-refractivity contribution is 5.48. The van der Waals surface area contributed by atoms with Crippen molar-refractivity contribution in [1.82, 2.24) is 4.90 Å². The number of rotatable bonds is 0. The standard InChI is InChI=1S/C14H19NO2/c1-15-6-2-3-10-11-8-14(17)13(16)7-9(11)4-5-12(10)15/h7-8,10,12,16-17H,2-6H2,1H3. The third-order valence-electron chi connectivity index (χ3n) is 4.40. The van der Waals surface area contributed by atoms with Crippen molar-refractivity contribution in [2.45, 2.75) is 37.6 Å². The highest BCUT2D eigenvalue weighted by atomic mass is 16.3. The number of phenolic OH excluding ortho intramolecular Hbond substituents is 2. The number of likely N-dealkylation sites (tertiary alicyclic amines) is 1. The minimum Gasteiger partial charge on any atom is -0.504 e. The average Bonchev–Trinajstić information content (AvgIpc) is 2.31. The molecule has 1 aromatic rings. The third kappa shape index (κ3) is 1.69. The predicted molar refractivity (Wildman–Crippen MR) is 66.5 cm³/mol. The number of hydrogen-bond acceptors (Lipinski definition) is 3. The minimum atomic E-state index is 0.0198. The fourth-order valence-electron chi connectivity index (χ4n) is 3.51. The molecule has 1 aliphatic heterocycles. The molecule has 17 heavy (non-hydrogen) atoms. The lowest BCUT2D eigenvalue weighted by molar-refractivity contribution is 0.143. The molecule has 0 spiro atoms. The molecule has 1 aromatic carbocycles. The van der Waals surface area contributed by atoms with E-state index in [0.29, 0.717) is 12.0 Å². The summed E-state index contributed by atoms with van der Waals surface area (Å²) in [5.41, 5.74) is 2.47. The van der Waals surface area contributed by atoms with Gasteiger partial charge in [0.25, 0.3) is 0 Å². The van der Waals surface area contributed by atoms with Crippen LogP contribution < -0.4 is 0 Å². The van der Waals surface area contributed by atoms with E-state index in [4.69, 9.17) is 0 Å². The van der Waals surface area contributed by atoms with Gasteiger partial charge in [-0.1, -0.05) is 0 Å². The monoisotopic (exact) mass is 233 g/mol. The second kappa shape index (κ2) is 3.91. The quantitative estimate of drug-likeness (QED) is 0.675. The zero-order valence-corrected chi connectivity index (χ0v) is 10.2. The van der Waals surface area contributed by atoms with Gasteiger partial charge in [0.1, 0.15) is 0 Å². The maximum absolute atomic E-state index is 9.67. The molecule has 3 heteroatoms. The number of likely N-dealkylation sites (N-methyl/N-ethyl adjacent to an activating group) is 1. The number of phenols is 2. The van der Waals surface area contributed by atoms with Gasteiger partial charge in [0.2, 0.25) is 0 Å². The van der Waals surface area contributed by atoms with E-state index in [-0.39, 0.29) is 11.5 Å². The van der Waals surface area contributed by atoms with E-state index in [9.17, 15) is 10.2 Å². The fourth-order valence-corrected chi connectivity index (χ4v) is 3.51. The van der Waals surface area contributed by atoms with Gasteiger partial charge in [-0.3, -0.25) is 0 Å². The zero-order valence-electron chi connectivity index (χ0n) is 10.2. The van der Waals surface area contributed by atoms with Crippen LogP contribution in [-0.2, 0) is 6.42 Å². The van der Waals surface area contributed by atoms with Crippen LogP contribution >= 0.6 is 0 Å². The van der Waals surface area contributed by atoms with Gasteiger partial charge < -0.3 is 15.1 Å². The Balaban J connectivity index is 2.03. The van der Waals surface area contributed by atoms with Crippen LogP contribution in [-0.4, -0.2) is 34.7 Å². The van der Waals surface area contributed by atoms with Crippen LogP contribution in [0, 0.1) is 0 Å². The Morgan fingerprint density at radius 1 is 1.18 bits per heavy atom. The van der Waals surface area contributed by atoms with Gasteiger partial charge in [-0.15, -0.1) is 0 Å². The van der Waals surface area contributed by atoms with Crippen molar-refractivity contribution >= 4 is 0 Å².